The summed E-state index contributed by atoms with van der Waals surface area (Å²) in [6.07, 6.45) is 8.64. The normalized spacial score (nSPS) is 14.9. The third-order valence-electron chi connectivity index (χ3n) is 2.35. The Hall–Kier alpha value is -1.52. The Labute approximate surface area is 88.9 Å². The summed E-state index contributed by atoms with van der Waals surface area (Å²) in [5, 5.41) is 5.71. The Morgan fingerprint density at radius 1 is 1.53 bits per heavy atom. The summed E-state index contributed by atoms with van der Waals surface area (Å²) in [6.45, 7) is 1.60. The highest BCUT2D eigenvalue weighted by molar-refractivity contribution is 5.74. The number of hydrogen-bond acceptors (Lipinski definition) is 2. The zero-order valence-corrected chi connectivity index (χ0v) is 8.65. The van der Waals surface area contributed by atoms with Gasteiger partial charge in [-0.05, 0) is 19.3 Å². The number of amides is 2. The summed E-state index contributed by atoms with van der Waals surface area (Å²) in [5.74, 6) is 0. The minimum Gasteiger partial charge on any atom is -0.338 e. The fourth-order valence-electron chi connectivity index (χ4n) is 1.35. The highest BCUT2D eigenvalue weighted by atomic mass is 16.2. The summed E-state index contributed by atoms with van der Waals surface area (Å²) >= 11 is 0. The predicted octanol–water partition coefficient (Wildman–Crippen LogP) is 0.735. The second kappa shape index (κ2) is 4.82. The van der Waals surface area contributed by atoms with Crippen LogP contribution in [0.4, 0.5) is 4.79 Å². The molecule has 82 valence electrons. The van der Waals surface area contributed by atoms with Gasteiger partial charge in [0.2, 0.25) is 0 Å². The monoisotopic (exact) mass is 208 g/mol. The van der Waals surface area contributed by atoms with Crippen molar-refractivity contribution >= 4 is 6.03 Å². The summed E-state index contributed by atoms with van der Waals surface area (Å²) < 4.78 is 2.00. The molecule has 15 heavy (non-hydrogen) atoms. The average molecular weight is 208 g/mol. The fraction of sp³-hybridized carbons (Fsp3) is 0.600. The molecule has 1 aliphatic rings. The number of nitrogens with one attached hydrogen (secondary N) is 2. The standard InChI is InChI=1S/C10H16N4O/c15-10(13-9-2-3-9)12-4-1-6-14-7-5-11-8-14/h5,7-9H,1-4,6H2,(H2,12,13,15). The molecule has 0 radical (unpaired) electrons. The van der Waals surface area contributed by atoms with Gasteiger partial charge in [-0.1, -0.05) is 0 Å². The van der Waals surface area contributed by atoms with Crippen molar-refractivity contribution in [3.63, 3.8) is 0 Å². The Kier molecular flexibility index (Phi) is 3.22. The topological polar surface area (TPSA) is 59.0 Å². The molecule has 0 aromatic carbocycles. The zero-order valence-electron chi connectivity index (χ0n) is 8.65. The maximum atomic E-state index is 11.2. The maximum Gasteiger partial charge on any atom is 0.315 e. The van der Waals surface area contributed by atoms with Gasteiger partial charge in [0, 0.05) is 31.5 Å². The van der Waals surface area contributed by atoms with E-state index in [4.69, 9.17) is 0 Å². The smallest absolute Gasteiger partial charge is 0.315 e. The molecular weight excluding hydrogens is 192 g/mol. The first-order valence-corrected chi connectivity index (χ1v) is 5.35. The van der Waals surface area contributed by atoms with Crippen LogP contribution in [0.3, 0.4) is 0 Å². The Bertz CT molecular complexity index is 305. The van der Waals surface area contributed by atoms with E-state index in [-0.39, 0.29) is 6.03 Å². The molecular formula is C10H16N4O. The van der Waals surface area contributed by atoms with Crippen molar-refractivity contribution in [2.45, 2.75) is 31.8 Å². The molecule has 1 saturated carbocycles. The minimum absolute atomic E-state index is 0.0388. The van der Waals surface area contributed by atoms with Crippen LogP contribution in [-0.2, 0) is 6.54 Å². The van der Waals surface area contributed by atoms with Crippen LogP contribution in [0.1, 0.15) is 19.3 Å². The number of hydrogen-bond donors (Lipinski definition) is 2. The SMILES string of the molecule is O=C(NCCCn1ccnc1)NC1CC1. The number of imidazole rings is 1. The van der Waals surface area contributed by atoms with Gasteiger partial charge in [0.25, 0.3) is 0 Å². The molecule has 1 aromatic rings. The van der Waals surface area contributed by atoms with Crippen molar-refractivity contribution < 1.29 is 4.79 Å². The largest absolute Gasteiger partial charge is 0.338 e. The molecule has 0 spiro atoms. The van der Waals surface area contributed by atoms with E-state index < -0.39 is 0 Å². The number of carbonyl (C=O) groups excluding carboxylic acids is 1. The first-order chi connectivity index (χ1) is 7.34. The Morgan fingerprint density at radius 3 is 3.07 bits per heavy atom. The van der Waals surface area contributed by atoms with E-state index in [1.54, 1.807) is 12.5 Å². The van der Waals surface area contributed by atoms with Gasteiger partial charge in [-0.25, -0.2) is 9.78 Å². The number of rotatable bonds is 5. The minimum atomic E-state index is -0.0388. The van der Waals surface area contributed by atoms with Crippen molar-refractivity contribution in [3.8, 4) is 0 Å². The number of urea groups is 1. The molecule has 0 saturated heterocycles. The maximum absolute atomic E-state index is 11.2. The predicted molar refractivity (Wildman–Crippen MR) is 56.4 cm³/mol. The van der Waals surface area contributed by atoms with Crippen LogP contribution in [0.25, 0.3) is 0 Å². The van der Waals surface area contributed by atoms with E-state index in [1.165, 1.54) is 0 Å². The molecule has 2 rings (SSSR count). The molecule has 1 fully saturated rings. The molecule has 2 amide bonds. The van der Waals surface area contributed by atoms with Gasteiger partial charge in [-0.15, -0.1) is 0 Å². The van der Waals surface area contributed by atoms with Gasteiger partial charge in [-0.3, -0.25) is 0 Å². The van der Waals surface area contributed by atoms with Crippen LogP contribution in [0, 0.1) is 0 Å². The molecule has 2 N–H and O–H groups in total. The average Bonchev–Trinajstić information content (AvgIpc) is 2.87. The van der Waals surface area contributed by atoms with Crippen LogP contribution < -0.4 is 10.6 Å². The van der Waals surface area contributed by atoms with E-state index in [9.17, 15) is 4.79 Å². The van der Waals surface area contributed by atoms with Gasteiger partial charge in [0.05, 0.1) is 6.33 Å². The highest BCUT2D eigenvalue weighted by Gasteiger charge is 2.22. The first-order valence-electron chi connectivity index (χ1n) is 5.35. The van der Waals surface area contributed by atoms with E-state index in [0.29, 0.717) is 12.6 Å². The summed E-state index contributed by atoms with van der Waals surface area (Å²) in [7, 11) is 0. The third-order valence-corrected chi connectivity index (χ3v) is 2.35. The quantitative estimate of drug-likeness (QED) is 0.701. The zero-order chi connectivity index (χ0) is 10.5. The lowest BCUT2D eigenvalue weighted by Gasteiger charge is -2.06. The van der Waals surface area contributed by atoms with Gasteiger partial charge in [-0.2, -0.15) is 0 Å². The van der Waals surface area contributed by atoms with Crippen LogP contribution in [0.15, 0.2) is 18.7 Å². The number of nitrogens with zero attached hydrogens (tertiary/aromatic N) is 2. The Balaban J connectivity index is 1.52. The van der Waals surface area contributed by atoms with Crippen molar-refractivity contribution in [3.05, 3.63) is 18.7 Å². The van der Waals surface area contributed by atoms with E-state index in [0.717, 1.165) is 25.8 Å². The molecule has 1 aromatic heterocycles. The van der Waals surface area contributed by atoms with Crippen molar-refractivity contribution in [1.29, 1.82) is 0 Å². The van der Waals surface area contributed by atoms with Crippen LogP contribution in [0.5, 0.6) is 0 Å². The second-order valence-corrected chi connectivity index (χ2v) is 3.83. The van der Waals surface area contributed by atoms with Gasteiger partial charge in [0.1, 0.15) is 0 Å². The van der Waals surface area contributed by atoms with Crippen LogP contribution in [0.2, 0.25) is 0 Å². The van der Waals surface area contributed by atoms with Crippen LogP contribution >= 0.6 is 0 Å². The molecule has 5 nitrogen and oxygen atoms in total. The number of aryl methyl sites for hydroxylation is 1. The lowest BCUT2D eigenvalue weighted by molar-refractivity contribution is 0.240. The Morgan fingerprint density at radius 2 is 2.40 bits per heavy atom. The number of aromatic nitrogens is 2. The van der Waals surface area contributed by atoms with Gasteiger partial charge in [0.15, 0.2) is 0 Å². The molecule has 0 atom stereocenters. The molecule has 0 unspecified atom stereocenters. The molecule has 0 aliphatic heterocycles. The van der Waals surface area contributed by atoms with E-state index in [2.05, 4.69) is 15.6 Å². The van der Waals surface area contributed by atoms with Crippen molar-refractivity contribution in [2.75, 3.05) is 6.54 Å². The van der Waals surface area contributed by atoms with Crippen molar-refractivity contribution in [2.24, 2.45) is 0 Å². The summed E-state index contributed by atoms with van der Waals surface area (Å²) in [6, 6.07) is 0.391. The summed E-state index contributed by atoms with van der Waals surface area (Å²) in [5.41, 5.74) is 0. The highest BCUT2D eigenvalue weighted by Crippen LogP contribution is 2.18. The first kappa shape index (κ1) is 10.0. The lowest BCUT2D eigenvalue weighted by atomic mass is 10.4. The lowest BCUT2D eigenvalue weighted by Crippen LogP contribution is -2.37. The molecule has 1 aliphatic carbocycles. The molecule has 0 bridgehead atoms. The summed E-state index contributed by atoms with van der Waals surface area (Å²) in [4.78, 5) is 15.2. The molecule has 5 heteroatoms. The van der Waals surface area contributed by atoms with E-state index >= 15 is 0 Å². The number of carbonyl (C=O) groups is 1. The van der Waals surface area contributed by atoms with Crippen LogP contribution in [-0.4, -0.2) is 28.2 Å². The third kappa shape index (κ3) is 3.61. The van der Waals surface area contributed by atoms with Gasteiger partial charge < -0.3 is 15.2 Å². The van der Waals surface area contributed by atoms with Gasteiger partial charge >= 0.3 is 6.03 Å². The van der Waals surface area contributed by atoms with Crippen molar-refractivity contribution in [1.82, 2.24) is 20.2 Å². The van der Waals surface area contributed by atoms with E-state index in [1.807, 2.05) is 10.8 Å². The molecule has 1 heterocycles. The second-order valence-electron chi connectivity index (χ2n) is 3.83. The fourth-order valence-corrected chi connectivity index (χ4v) is 1.35.